The van der Waals surface area contributed by atoms with Gasteiger partial charge in [-0.1, -0.05) is 11.6 Å². The number of carbonyl (C=O) groups excluding carboxylic acids is 1. The number of thioether (sulfide) groups is 1. The van der Waals surface area contributed by atoms with Crippen molar-refractivity contribution in [2.75, 3.05) is 26.5 Å². The molecule has 0 bridgehead atoms. The fourth-order valence-electron chi connectivity index (χ4n) is 6.11. The summed E-state index contributed by atoms with van der Waals surface area (Å²) in [5.74, 6) is 2.39. The lowest BCUT2D eigenvalue weighted by molar-refractivity contribution is -0.130. The van der Waals surface area contributed by atoms with Crippen molar-refractivity contribution < 1.29 is 19.0 Å². The SMILES string of the molecule is C#CCc1c(C(=O)NCc2c(SC)cc(C)[nH]c2=O)cc(Cl)c2c1OC(C)(C1CCC(N3CC(OC)C3)CC1)O2. The smallest absolute Gasteiger partial charge is 0.254 e. The first-order chi connectivity index (χ1) is 19.2. The van der Waals surface area contributed by atoms with Gasteiger partial charge in [0.05, 0.1) is 11.1 Å². The zero-order valence-corrected chi connectivity index (χ0v) is 25.0. The van der Waals surface area contributed by atoms with Gasteiger partial charge in [-0.25, -0.2) is 0 Å². The van der Waals surface area contributed by atoms with Crippen molar-refractivity contribution in [3.8, 4) is 23.8 Å². The number of aromatic nitrogens is 1. The second-order valence-electron chi connectivity index (χ2n) is 11.0. The number of nitrogens with one attached hydrogen (secondary N) is 2. The van der Waals surface area contributed by atoms with Crippen molar-refractivity contribution in [2.45, 2.75) is 75.3 Å². The van der Waals surface area contributed by atoms with Crippen LogP contribution in [-0.4, -0.2) is 60.2 Å². The molecule has 1 amide bonds. The minimum absolute atomic E-state index is 0.0648. The van der Waals surface area contributed by atoms with Gasteiger partial charge in [-0.05, 0) is 51.0 Å². The molecule has 1 saturated carbocycles. The van der Waals surface area contributed by atoms with E-state index in [0.717, 1.165) is 49.4 Å². The van der Waals surface area contributed by atoms with Crippen LogP contribution in [0, 0.1) is 25.2 Å². The van der Waals surface area contributed by atoms with Crippen LogP contribution in [0.2, 0.25) is 5.02 Å². The largest absolute Gasteiger partial charge is 0.448 e. The summed E-state index contributed by atoms with van der Waals surface area (Å²) in [6, 6.07) is 4.03. The Bertz CT molecular complexity index is 1390. The molecule has 8 nitrogen and oxygen atoms in total. The van der Waals surface area contributed by atoms with Crippen LogP contribution in [0.3, 0.4) is 0 Å². The van der Waals surface area contributed by atoms with Crippen LogP contribution in [0.5, 0.6) is 11.5 Å². The number of H-pyrrole nitrogens is 1. The first kappa shape index (κ1) is 28.9. The Morgan fingerprint density at radius 2 is 1.95 bits per heavy atom. The number of methoxy groups -OCH3 is 1. The number of likely N-dealkylation sites (tertiary alicyclic amines) is 1. The second kappa shape index (κ2) is 11.7. The maximum Gasteiger partial charge on any atom is 0.254 e. The predicted molar refractivity (Wildman–Crippen MR) is 157 cm³/mol. The molecule has 0 radical (unpaired) electrons. The third-order valence-electron chi connectivity index (χ3n) is 8.47. The number of terminal acetylenes is 1. The molecular formula is C30H36ClN3O5S. The Morgan fingerprint density at radius 3 is 2.60 bits per heavy atom. The summed E-state index contributed by atoms with van der Waals surface area (Å²) >= 11 is 8.13. The number of ether oxygens (including phenoxy) is 3. The topological polar surface area (TPSA) is 92.9 Å². The van der Waals surface area contributed by atoms with Crippen LogP contribution in [0.1, 0.15) is 59.8 Å². The molecule has 1 unspecified atom stereocenters. The number of amides is 1. The lowest BCUT2D eigenvalue weighted by Crippen LogP contribution is -2.57. The van der Waals surface area contributed by atoms with Gasteiger partial charge in [-0.3, -0.25) is 14.5 Å². The first-order valence-corrected chi connectivity index (χ1v) is 15.3. The van der Waals surface area contributed by atoms with E-state index in [1.807, 2.05) is 26.2 Å². The molecule has 40 heavy (non-hydrogen) atoms. The van der Waals surface area contributed by atoms with E-state index >= 15 is 0 Å². The molecule has 2 fully saturated rings. The molecule has 214 valence electrons. The van der Waals surface area contributed by atoms with E-state index in [4.69, 9.17) is 32.2 Å². The summed E-state index contributed by atoms with van der Waals surface area (Å²) < 4.78 is 18.4. The first-order valence-electron chi connectivity index (χ1n) is 13.7. The lowest BCUT2D eigenvalue weighted by atomic mass is 9.80. The van der Waals surface area contributed by atoms with Crippen LogP contribution in [-0.2, 0) is 17.7 Å². The van der Waals surface area contributed by atoms with Crippen LogP contribution < -0.4 is 20.3 Å². The van der Waals surface area contributed by atoms with E-state index in [9.17, 15) is 9.59 Å². The van der Waals surface area contributed by atoms with Gasteiger partial charge in [-0.2, -0.15) is 0 Å². The highest BCUT2D eigenvalue weighted by atomic mass is 35.5. The summed E-state index contributed by atoms with van der Waals surface area (Å²) in [6.45, 7) is 5.83. The molecule has 2 aliphatic heterocycles. The molecule has 1 saturated heterocycles. The Labute approximate surface area is 244 Å². The summed E-state index contributed by atoms with van der Waals surface area (Å²) in [7, 11) is 1.77. The molecule has 2 N–H and O–H groups in total. The average Bonchev–Trinajstić information content (AvgIpc) is 3.28. The zero-order valence-electron chi connectivity index (χ0n) is 23.4. The maximum absolute atomic E-state index is 13.4. The standard InChI is InChI=1S/C30H36ClN3O5S/c1-6-7-21-22(28(35)32-14-23-25(40-5)12-17(2)33-29(23)36)13-24(31)27-26(21)38-30(3,39-27)18-8-10-19(11-9-18)34-15-20(16-34)37-4/h1,12-13,18-20H,7-11,14-16H2,2-5H3,(H,32,35)(H,33,36). The Morgan fingerprint density at radius 1 is 1.25 bits per heavy atom. The number of benzene rings is 1. The average molecular weight is 586 g/mol. The number of nitrogens with zero attached hydrogens (tertiary/aromatic N) is 1. The summed E-state index contributed by atoms with van der Waals surface area (Å²) in [6.07, 6.45) is 12.2. The van der Waals surface area contributed by atoms with Crippen molar-refractivity contribution in [2.24, 2.45) is 5.92 Å². The number of hydrogen-bond acceptors (Lipinski definition) is 7. The molecule has 2 aromatic rings. The van der Waals surface area contributed by atoms with Gasteiger partial charge in [0.15, 0.2) is 11.5 Å². The van der Waals surface area contributed by atoms with Gasteiger partial charge >= 0.3 is 0 Å². The fourth-order valence-corrected chi connectivity index (χ4v) is 7.04. The van der Waals surface area contributed by atoms with E-state index in [-0.39, 0.29) is 30.3 Å². The minimum Gasteiger partial charge on any atom is -0.448 e. The highest BCUT2D eigenvalue weighted by Crippen LogP contribution is 2.52. The molecule has 1 aromatic heterocycles. The molecule has 5 rings (SSSR count). The Kier molecular flexibility index (Phi) is 8.44. The quantitative estimate of drug-likeness (QED) is 0.347. The molecular weight excluding hydrogens is 550 g/mol. The van der Waals surface area contributed by atoms with Crippen LogP contribution in [0.15, 0.2) is 21.8 Å². The predicted octanol–water partition coefficient (Wildman–Crippen LogP) is 4.54. The Hall–Kier alpha value is -2.64. The molecule has 1 aromatic carbocycles. The third kappa shape index (κ3) is 5.47. The van der Waals surface area contributed by atoms with Gasteiger partial charge < -0.3 is 24.5 Å². The normalized spacial score (nSPS) is 24.4. The zero-order chi connectivity index (χ0) is 28.6. The number of fused-ring (bicyclic) bond motifs is 1. The van der Waals surface area contributed by atoms with E-state index in [2.05, 4.69) is 21.1 Å². The summed E-state index contributed by atoms with van der Waals surface area (Å²) in [5, 5.41) is 3.17. The minimum atomic E-state index is -0.901. The Balaban J connectivity index is 1.33. The number of pyridine rings is 1. The van der Waals surface area contributed by atoms with E-state index in [0.29, 0.717) is 45.4 Å². The number of aryl methyl sites for hydroxylation is 1. The highest BCUT2D eigenvalue weighted by Gasteiger charge is 2.48. The molecule has 10 heteroatoms. The number of aromatic amines is 1. The lowest BCUT2D eigenvalue weighted by Gasteiger charge is -2.47. The van der Waals surface area contributed by atoms with Crippen LogP contribution >= 0.6 is 23.4 Å². The fraction of sp³-hybridized carbons (Fsp3) is 0.533. The number of halogens is 1. The van der Waals surface area contributed by atoms with Gasteiger partial charge in [0.2, 0.25) is 0 Å². The van der Waals surface area contributed by atoms with E-state index in [1.165, 1.54) is 11.8 Å². The number of hydrogen-bond donors (Lipinski definition) is 2. The van der Waals surface area contributed by atoms with E-state index < -0.39 is 5.79 Å². The summed E-state index contributed by atoms with van der Waals surface area (Å²) in [4.78, 5) is 32.1. The third-order valence-corrected chi connectivity index (χ3v) is 9.55. The van der Waals surface area contributed by atoms with Crippen molar-refractivity contribution in [1.29, 1.82) is 0 Å². The van der Waals surface area contributed by atoms with Crippen molar-refractivity contribution in [3.05, 3.63) is 49.9 Å². The van der Waals surface area contributed by atoms with Gasteiger partial charge in [0, 0.05) is 79.3 Å². The van der Waals surface area contributed by atoms with Crippen LogP contribution in [0.4, 0.5) is 0 Å². The molecule has 3 aliphatic rings. The number of rotatable bonds is 8. The molecule has 0 spiro atoms. The summed E-state index contributed by atoms with van der Waals surface area (Å²) in [5.41, 5.74) is 1.91. The second-order valence-corrected chi connectivity index (χ2v) is 12.2. The maximum atomic E-state index is 13.4. The highest BCUT2D eigenvalue weighted by molar-refractivity contribution is 7.98. The van der Waals surface area contributed by atoms with E-state index in [1.54, 1.807) is 13.2 Å². The molecule has 1 aliphatic carbocycles. The van der Waals surface area contributed by atoms with Crippen molar-refractivity contribution >= 4 is 29.3 Å². The van der Waals surface area contributed by atoms with Gasteiger partial charge in [0.25, 0.3) is 17.3 Å². The van der Waals surface area contributed by atoms with Crippen molar-refractivity contribution in [3.63, 3.8) is 0 Å². The van der Waals surface area contributed by atoms with Gasteiger partial charge in [-0.15, -0.1) is 24.1 Å². The monoisotopic (exact) mass is 585 g/mol. The molecule has 1 atom stereocenters. The van der Waals surface area contributed by atoms with Crippen molar-refractivity contribution in [1.82, 2.24) is 15.2 Å². The molecule has 3 heterocycles. The van der Waals surface area contributed by atoms with Gasteiger partial charge in [0.1, 0.15) is 0 Å². The van der Waals surface area contributed by atoms with Crippen LogP contribution in [0.25, 0.3) is 0 Å². The number of carbonyl (C=O) groups is 1.